The molecule has 0 fully saturated rings. The van der Waals surface area contributed by atoms with E-state index in [9.17, 15) is 0 Å². The zero-order chi connectivity index (χ0) is 8.24. The SMILES string of the molecule is O.[CH2]CCCCCCC.[O]=[Sn]. The van der Waals surface area contributed by atoms with Crippen molar-refractivity contribution in [2.45, 2.75) is 45.4 Å². The standard InChI is InChI=1S/C8H17.H2O.O.Sn/c1-3-5-7-8-6-4-2;;;/h1,3-8H2,2H3;1H2;;. The molecule has 0 aromatic carbocycles. The molecular formula is C8H19O2Sn. The van der Waals surface area contributed by atoms with E-state index in [1.54, 1.807) is 0 Å². The van der Waals surface area contributed by atoms with Crippen molar-refractivity contribution in [1.29, 1.82) is 0 Å². The number of hydrogen-bond donors (Lipinski definition) is 0. The summed E-state index contributed by atoms with van der Waals surface area (Å²) in [5.41, 5.74) is 0. The van der Waals surface area contributed by atoms with Gasteiger partial charge in [-0.2, -0.15) is 0 Å². The van der Waals surface area contributed by atoms with E-state index >= 15 is 0 Å². The normalized spacial score (nSPS) is 7.45. The fraction of sp³-hybridized carbons (Fsp3) is 0.875. The van der Waals surface area contributed by atoms with Gasteiger partial charge in [-0.25, -0.2) is 0 Å². The van der Waals surface area contributed by atoms with E-state index < -0.39 is 0 Å². The van der Waals surface area contributed by atoms with Gasteiger partial charge in [0, 0.05) is 0 Å². The first kappa shape index (κ1) is 17.6. The number of hydrogen-bond acceptors (Lipinski definition) is 1. The molecule has 2 N–H and O–H groups in total. The van der Waals surface area contributed by atoms with Crippen LogP contribution in [0.3, 0.4) is 0 Å². The van der Waals surface area contributed by atoms with Crippen LogP contribution in [0.25, 0.3) is 0 Å². The van der Waals surface area contributed by atoms with Gasteiger partial charge in [0.2, 0.25) is 0 Å². The second-order valence-corrected chi connectivity index (χ2v) is 2.27. The van der Waals surface area contributed by atoms with Gasteiger partial charge in [-0.05, 0) is 0 Å². The summed E-state index contributed by atoms with van der Waals surface area (Å²) >= 11 is 0.300. The molecule has 3 heteroatoms. The Morgan fingerprint density at radius 3 is 1.91 bits per heavy atom. The first-order valence-corrected chi connectivity index (χ1v) is 5.08. The Morgan fingerprint density at radius 2 is 1.55 bits per heavy atom. The van der Waals surface area contributed by atoms with E-state index in [2.05, 4.69) is 13.8 Å². The van der Waals surface area contributed by atoms with Crippen LogP contribution in [0.2, 0.25) is 0 Å². The van der Waals surface area contributed by atoms with Crippen molar-refractivity contribution < 1.29 is 8.55 Å². The first-order valence-electron chi connectivity index (χ1n) is 3.91. The Bertz CT molecular complexity index is 45.4. The molecule has 0 heterocycles. The van der Waals surface area contributed by atoms with Crippen molar-refractivity contribution in [2.75, 3.05) is 0 Å². The molecule has 11 heavy (non-hydrogen) atoms. The maximum absolute atomic E-state index is 8.34. The molecule has 0 aliphatic rings. The van der Waals surface area contributed by atoms with Crippen molar-refractivity contribution in [3.8, 4) is 0 Å². The van der Waals surface area contributed by atoms with Crippen LogP contribution >= 0.6 is 0 Å². The summed E-state index contributed by atoms with van der Waals surface area (Å²) < 4.78 is 8.34. The van der Waals surface area contributed by atoms with E-state index in [1.807, 2.05) is 0 Å². The molecule has 0 saturated carbocycles. The molecule has 0 saturated heterocycles. The van der Waals surface area contributed by atoms with Crippen molar-refractivity contribution in [1.82, 2.24) is 0 Å². The Kier molecular flexibility index (Phi) is 35.9. The molecule has 3 radical (unpaired) electrons. The van der Waals surface area contributed by atoms with Crippen LogP contribution in [0.5, 0.6) is 0 Å². The molecular weight excluding hydrogens is 247 g/mol. The van der Waals surface area contributed by atoms with Gasteiger partial charge in [-0.15, -0.1) is 0 Å². The summed E-state index contributed by atoms with van der Waals surface area (Å²) in [6.07, 6.45) is 7.98. The van der Waals surface area contributed by atoms with Gasteiger partial charge < -0.3 is 5.48 Å². The predicted octanol–water partition coefficient (Wildman–Crippen LogP) is 1.86. The molecule has 0 aliphatic heterocycles. The molecule has 0 amide bonds. The molecule has 2 nitrogen and oxygen atoms in total. The van der Waals surface area contributed by atoms with Crippen molar-refractivity contribution in [3.05, 3.63) is 6.92 Å². The van der Waals surface area contributed by atoms with E-state index in [0.29, 0.717) is 22.5 Å². The third-order valence-corrected chi connectivity index (χ3v) is 1.35. The summed E-state index contributed by atoms with van der Waals surface area (Å²) in [5, 5.41) is 0. The zero-order valence-electron chi connectivity index (χ0n) is 7.36. The monoisotopic (exact) mass is 267 g/mol. The minimum absolute atomic E-state index is 0. The van der Waals surface area contributed by atoms with Crippen LogP contribution in [-0.4, -0.2) is 28.0 Å². The summed E-state index contributed by atoms with van der Waals surface area (Å²) in [5.74, 6) is 0. The molecule has 0 aromatic rings. The third kappa shape index (κ3) is 25.0. The van der Waals surface area contributed by atoms with Gasteiger partial charge in [-0.3, -0.25) is 0 Å². The van der Waals surface area contributed by atoms with Crippen LogP contribution in [0.15, 0.2) is 0 Å². The molecule has 0 spiro atoms. The number of rotatable bonds is 5. The van der Waals surface area contributed by atoms with Crippen LogP contribution in [0.1, 0.15) is 45.4 Å². The summed E-state index contributed by atoms with van der Waals surface area (Å²) in [7, 11) is 0. The zero-order valence-corrected chi connectivity index (χ0v) is 10.2. The molecule has 0 bridgehead atoms. The molecule has 0 unspecified atom stereocenters. The van der Waals surface area contributed by atoms with Gasteiger partial charge >= 0.3 is 25.6 Å². The van der Waals surface area contributed by atoms with E-state index in [1.165, 1.54) is 32.1 Å². The molecule has 67 valence electrons. The Balaban J connectivity index is -0.000000196. The minimum atomic E-state index is 0. The van der Waals surface area contributed by atoms with Crippen LogP contribution < -0.4 is 0 Å². The molecule has 0 atom stereocenters. The molecule has 0 aliphatic carbocycles. The fourth-order valence-electron chi connectivity index (χ4n) is 0.780. The maximum atomic E-state index is 8.34. The summed E-state index contributed by atoms with van der Waals surface area (Å²) in [4.78, 5) is 0. The Labute approximate surface area is 83.5 Å². The number of unbranched alkanes of at least 4 members (excludes halogenated alkanes) is 5. The van der Waals surface area contributed by atoms with Gasteiger partial charge in [0.15, 0.2) is 0 Å². The van der Waals surface area contributed by atoms with Crippen molar-refractivity contribution >= 4 is 22.5 Å². The predicted molar refractivity (Wildman–Crippen MR) is 48.8 cm³/mol. The Hall–Kier alpha value is 0.559. The van der Waals surface area contributed by atoms with Crippen LogP contribution in [0, 0.1) is 6.92 Å². The average molecular weight is 266 g/mol. The van der Waals surface area contributed by atoms with Gasteiger partial charge in [-0.1, -0.05) is 52.4 Å². The molecule has 0 aromatic heterocycles. The quantitative estimate of drug-likeness (QED) is 0.553. The van der Waals surface area contributed by atoms with Crippen molar-refractivity contribution in [2.24, 2.45) is 0 Å². The second kappa shape index (κ2) is 22.4. The third-order valence-electron chi connectivity index (χ3n) is 1.35. The van der Waals surface area contributed by atoms with Gasteiger partial charge in [0.25, 0.3) is 0 Å². The summed E-state index contributed by atoms with van der Waals surface area (Å²) in [6.45, 7) is 6.02. The van der Waals surface area contributed by atoms with E-state index in [4.69, 9.17) is 3.08 Å². The van der Waals surface area contributed by atoms with Gasteiger partial charge in [0.1, 0.15) is 0 Å². The van der Waals surface area contributed by atoms with Crippen LogP contribution in [-0.2, 0) is 3.08 Å². The fourth-order valence-corrected chi connectivity index (χ4v) is 0.780. The van der Waals surface area contributed by atoms with E-state index in [-0.39, 0.29) is 5.48 Å². The topological polar surface area (TPSA) is 48.6 Å². The van der Waals surface area contributed by atoms with Gasteiger partial charge in [0.05, 0.1) is 0 Å². The summed E-state index contributed by atoms with van der Waals surface area (Å²) in [6, 6.07) is 0. The van der Waals surface area contributed by atoms with E-state index in [0.717, 1.165) is 6.42 Å². The molecule has 0 rings (SSSR count). The first-order chi connectivity index (χ1) is 4.91. The average Bonchev–Trinajstić information content (AvgIpc) is 2.02. The Morgan fingerprint density at radius 1 is 1.09 bits per heavy atom. The second-order valence-electron chi connectivity index (χ2n) is 2.27. The van der Waals surface area contributed by atoms with Crippen LogP contribution in [0.4, 0.5) is 0 Å². The van der Waals surface area contributed by atoms with Crippen molar-refractivity contribution in [3.63, 3.8) is 0 Å².